The first-order chi connectivity index (χ1) is 13.0. The number of aromatic nitrogens is 4. The Kier molecular flexibility index (Phi) is 4.31. The Morgan fingerprint density at radius 3 is 2.70 bits per heavy atom. The fourth-order valence-corrected chi connectivity index (χ4v) is 3.21. The molecule has 0 saturated carbocycles. The summed E-state index contributed by atoms with van der Waals surface area (Å²) in [5.41, 5.74) is 3.19. The standard InChI is InChI=1S/C19H19N5O3/c1-12-21-18(22-27-12)15-5-3-14(4-6-15)9-24-11-20-17-10-23(13(2)25)8-7-16(17)19(24)26/h3-6,11H,7-10H2,1-2H3. The molecule has 1 amide bonds. The topological polar surface area (TPSA) is 94.1 Å². The third-order valence-corrected chi connectivity index (χ3v) is 4.73. The molecule has 0 N–H and O–H groups in total. The summed E-state index contributed by atoms with van der Waals surface area (Å²) in [5.74, 6) is 1.06. The third kappa shape index (κ3) is 3.38. The van der Waals surface area contributed by atoms with Crippen molar-refractivity contribution in [1.29, 1.82) is 0 Å². The van der Waals surface area contributed by atoms with Crippen LogP contribution in [0, 0.1) is 6.92 Å². The summed E-state index contributed by atoms with van der Waals surface area (Å²) in [4.78, 5) is 34.6. The monoisotopic (exact) mass is 365 g/mol. The number of nitrogens with zero attached hydrogens (tertiary/aromatic N) is 5. The quantitative estimate of drug-likeness (QED) is 0.699. The van der Waals surface area contributed by atoms with Gasteiger partial charge in [-0.3, -0.25) is 14.2 Å². The molecule has 0 unspecified atom stereocenters. The van der Waals surface area contributed by atoms with Gasteiger partial charge in [-0.15, -0.1) is 0 Å². The van der Waals surface area contributed by atoms with Gasteiger partial charge >= 0.3 is 0 Å². The van der Waals surface area contributed by atoms with Gasteiger partial charge in [-0.25, -0.2) is 4.98 Å². The Hall–Kier alpha value is -3.29. The summed E-state index contributed by atoms with van der Waals surface area (Å²) in [7, 11) is 0. The summed E-state index contributed by atoms with van der Waals surface area (Å²) in [6, 6.07) is 7.68. The van der Waals surface area contributed by atoms with Crippen molar-refractivity contribution < 1.29 is 9.32 Å². The molecule has 0 atom stereocenters. The van der Waals surface area contributed by atoms with Gasteiger partial charge < -0.3 is 9.42 Å². The maximum absolute atomic E-state index is 12.8. The van der Waals surface area contributed by atoms with Gasteiger partial charge in [-0.1, -0.05) is 29.4 Å². The lowest BCUT2D eigenvalue weighted by Crippen LogP contribution is -2.39. The van der Waals surface area contributed by atoms with Crippen LogP contribution in [0.3, 0.4) is 0 Å². The molecular weight excluding hydrogens is 346 g/mol. The molecule has 0 fully saturated rings. The van der Waals surface area contributed by atoms with Crippen LogP contribution in [0.5, 0.6) is 0 Å². The van der Waals surface area contributed by atoms with Gasteiger partial charge in [0.15, 0.2) is 0 Å². The van der Waals surface area contributed by atoms with Crippen LogP contribution in [0.4, 0.5) is 0 Å². The van der Waals surface area contributed by atoms with Gasteiger partial charge in [0.1, 0.15) is 0 Å². The fourth-order valence-electron chi connectivity index (χ4n) is 3.21. The molecule has 3 aromatic rings. The number of carbonyl (C=O) groups is 1. The molecule has 27 heavy (non-hydrogen) atoms. The molecule has 8 nitrogen and oxygen atoms in total. The van der Waals surface area contributed by atoms with Crippen LogP contribution < -0.4 is 5.56 Å². The summed E-state index contributed by atoms with van der Waals surface area (Å²) in [6.45, 7) is 4.67. The van der Waals surface area contributed by atoms with Gasteiger partial charge in [0.25, 0.3) is 5.56 Å². The van der Waals surface area contributed by atoms with Gasteiger partial charge in [-0.2, -0.15) is 4.98 Å². The average Bonchev–Trinajstić information content (AvgIpc) is 3.10. The summed E-state index contributed by atoms with van der Waals surface area (Å²) >= 11 is 0. The molecule has 2 aromatic heterocycles. The van der Waals surface area contributed by atoms with E-state index < -0.39 is 0 Å². The molecule has 1 aromatic carbocycles. The zero-order valence-electron chi connectivity index (χ0n) is 15.2. The average molecular weight is 365 g/mol. The first kappa shape index (κ1) is 17.1. The number of fused-ring (bicyclic) bond motifs is 1. The minimum Gasteiger partial charge on any atom is -0.339 e. The van der Waals surface area contributed by atoms with Crippen molar-refractivity contribution in [3.05, 3.63) is 63.7 Å². The Morgan fingerprint density at radius 1 is 1.26 bits per heavy atom. The number of hydrogen-bond donors (Lipinski definition) is 0. The van der Waals surface area contributed by atoms with Crippen LogP contribution in [0.15, 0.2) is 39.9 Å². The number of amides is 1. The van der Waals surface area contributed by atoms with E-state index in [1.165, 1.54) is 6.92 Å². The number of rotatable bonds is 3. The molecule has 0 spiro atoms. The van der Waals surface area contributed by atoms with E-state index in [9.17, 15) is 9.59 Å². The van der Waals surface area contributed by atoms with Crippen LogP contribution in [-0.4, -0.2) is 37.0 Å². The molecule has 8 heteroatoms. The molecule has 0 aliphatic carbocycles. The van der Waals surface area contributed by atoms with Crippen LogP contribution in [0.25, 0.3) is 11.4 Å². The normalized spacial score (nSPS) is 13.5. The summed E-state index contributed by atoms with van der Waals surface area (Å²) < 4.78 is 6.60. The highest BCUT2D eigenvalue weighted by Crippen LogP contribution is 2.17. The lowest BCUT2D eigenvalue weighted by Gasteiger charge is -2.26. The Balaban J connectivity index is 1.55. The van der Waals surface area contributed by atoms with Crippen molar-refractivity contribution in [1.82, 2.24) is 24.6 Å². The van der Waals surface area contributed by atoms with E-state index in [0.717, 1.165) is 11.1 Å². The fraction of sp³-hybridized carbons (Fsp3) is 0.316. The molecule has 0 radical (unpaired) electrons. The van der Waals surface area contributed by atoms with E-state index >= 15 is 0 Å². The number of hydrogen-bond acceptors (Lipinski definition) is 6. The SMILES string of the molecule is CC(=O)N1CCc2c(ncn(Cc3ccc(-c4noc(C)n4)cc3)c2=O)C1. The lowest BCUT2D eigenvalue weighted by molar-refractivity contribution is -0.129. The highest BCUT2D eigenvalue weighted by Gasteiger charge is 2.22. The van der Waals surface area contributed by atoms with Crippen LogP contribution in [0.1, 0.15) is 29.6 Å². The second-order valence-electron chi connectivity index (χ2n) is 6.63. The number of benzene rings is 1. The first-order valence-corrected chi connectivity index (χ1v) is 8.73. The highest BCUT2D eigenvalue weighted by molar-refractivity contribution is 5.73. The lowest BCUT2D eigenvalue weighted by atomic mass is 10.1. The van der Waals surface area contributed by atoms with Crippen molar-refractivity contribution in [2.75, 3.05) is 6.54 Å². The molecule has 0 bridgehead atoms. The minimum absolute atomic E-state index is 0.00325. The Bertz CT molecular complexity index is 1050. The molecule has 3 heterocycles. The third-order valence-electron chi connectivity index (χ3n) is 4.73. The van der Waals surface area contributed by atoms with Gasteiger partial charge in [0.2, 0.25) is 17.6 Å². The van der Waals surface area contributed by atoms with E-state index in [1.807, 2.05) is 24.3 Å². The predicted octanol–water partition coefficient (Wildman–Crippen LogP) is 1.55. The van der Waals surface area contributed by atoms with Crippen molar-refractivity contribution in [2.45, 2.75) is 33.4 Å². The minimum atomic E-state index is -0.0407. The molecule has 1 aliphatic rings. The first-order valence-electron chi connectivity index (χ1n) is 8.73. The van der Waals surface area contributed by atoms with E-state index in [-0.39, 0.29) is 11.5 Å². The van der Waals surface area contributed by atoms with Crippen molar-refractivity contribution in [3.8, 4) is 11.4 Å². The van der Waals surface area contributed by atoms with E-state index in [2.05, 4.69) is 15.1 Å². The molecule has 4 rings (SSSR count). The number of aryl methyl sites for hydroxylation is 1. The van der Waals surface area contributed by atoms with Gasteiger partial charge in [-0.05, 0) is 12.0 Å². The number of carbonyl (C=O) groups excluding carboxylic acids is 1. The largest absolute Gasteiger partial charge is 0.339 e. The van der Waals surface area contributed by atoms with Crippen LogP contribution in [0.2, 0.25) is 0 Å². The van der Waals surface area contributed by atoms with Crippen molar-refractivity contribution in [3.63, 3.8) is 0 Å². The second kappa shape index (κ2) is 6.79. The van der Waals surface area contributed by atoms with Gasteiger partial charge in [0.05, 0.1) is 25.1 Å². The Morgan fingerprint density at radius 2 is 2.04 bits per heavy atom. The summed E-state index contributed by atoms with van der Waals surface area (Å²) in [5, 5.41) is 3.90. The van der Waals surface area contributed by atoms with Crippen molar-refractivity contribution >= 4 is 5.91 Å². The molecular formula is C19H19N5O3. The maximum Gasteiger partial charge on any atom is 0.257 e. The van der Waals surface area contributed by atoms with E-state index in [1.54, 1.807) is 22.7 Å². The highest BCUT2D eigenvalue weighted by atomic mass is 16.5. The zero-order valence-corrected chi connectivity index (χ0v) is 15.2. The molecule has 1 aliphatic heterocycles. The van der Waals surface area contributed by atoms with Crippen LogP contribution in [-0.2, 0) is 24.3 Å². The predicted molar refractivity (Wildman–Crippen MR) is 96.9 cm³/mol. The van der Waals surface area contributed by atoms with Crippen LogP contribution >= 0.6 is 0 Å². The van der Waals surface area contributed by atoms with Gasteiger partial charge in [0, 0.05) is 31.5 Å². The van der Waals surface area contributed by atoms with Crippen molar-refractivity contribution in [2.24, 2.45) is 0 Å². The van der Waals surface area contributed by atoms with E-state index in [4.69, 9.17) is 4.52 Å². The molecule has 0 saturated heterocycles. The van der Waals surface area contributed by atoms with E-state index in [0.29, 0.717) is 49.0 Å². The summed E-state index contributed by atoms with van der Waals surface area (Å²) in [6.07, 6.45) is 2.10. The smallest absolute Gasteiger partial charge is 0.257 e. The Labute approximate surface area is 155 Å². The molecule has 138 valence electrons. The second-order valence-corrected chi connectivity index (χ2v) is 6.63. The maximum atomic E-state index is 12.8. The zero-order chi connectivity index (χ0) is 19.0.